The van der Waals surface area contributed by atoms with Crippen LogP contribution in [-0.2, 0) is 4.79 Å². The molecule has 1 aliphatic heterocycles. The van der Waals surface area contributed by atoms with Gasteiger partial charge in [0.25, 0.3) is 0 Å². The molecule has 1 spiro atoms. The summed E-state index contributed by atoms with van der Waals surface area (Å²) in [6.45, 7) is 3.01. The second-order valence-electron chi connectivity index (χ2n) is 8.64. The van der Waals surface area contributed by atoms with Gasteiger partial charge in [0.2, 0.25) is 5.91 Å². The Morgan fingerprint density at radius 2 is 1.92 bits per heavy atom. The van der Waals surface area contributed by atoms with Crippen LogP contribution in [0.15, 0.2) is 0 Å². The van der Waals surface area contributed by atoms with Crippen LogP contribution in [0.25, 0.3) is 0 Å². The van der Waals surface area contributed by atoms with Crippen molar-refractivity contribution in [2.24, 2.45) is 11.3 Å². The minimum atomic E-state index is -0.395. The van der Waals surface area contributed by atoms with Crippen LogP contribution in [0.4, 0.5) is 4.79 Å². The van der Waals surface area contributed by atoms with E-state index in [0.29, 0.717) is 19.0 Å². The topological polar surface area (TPSA) is 81.7 Å². The average molecular weight is 335 g/mol. The van der Waals surface area contributed by atoms with Crippen molar-refractivity contribution in [2.75, 3.05) is 13.1 Å². The summed E-state index contributed by atoms with van der Waals surface area (Å²) in [5.41, 5.74) is -0.311. The number of likely N-dealkylation sites (tertiary alicyclic amines) is 1. The molecule has 4 atom stereocenters. The third kappa shape index (κ3) is 2.50. The van der Waals surface area contributed by atoms with E-state index in [1.54, 1.807) is 6.92 Å². The number of aliphatic hydroxyl groups is 1. The summed E-state index contributed by atoms with van der Waals surface area (Å²) in [5, 5.41) is 16.9. The van der Waals surface area contributed by atoms with Gasteiger partial charge in [0.05, 0.1) is 11.6 Å². The highest BCUT2D eigenvalue weighted by Crippen LogP contribution is 2.65. The Bertz CT molecular complexity index is 542. The van der Waals surface area contributed by atoms with Gasteiger partial charge in [0, 0.05) is 31.5 Å². The van der Waals surface area contributed by atoms with E-state index < -0.39 is 5.54 Å². The SMILES string of the molecule is CC(=O)N1CCC(NC(=O)NC23CC4CCCC(C4)(C2)C3O)CC1. The highest BCUT2D eigenvalue weighted by molar-refractivity contribution is 5.76. The fraction of sp³-hybridized carbons (Fsp3) is 0.889. The fourth-order valence-corrected chi connectivity index (χ4v) is 6.03. The summed E-state index contributed by atoms with van der Waals surface area (Å²) in [6.07, 6.45) is 7.79. The molecule has 4 unspecified atom stereocenters. The molecule has 6 heteroatoms. The summed E-state index contributed by atoms with van der Waals surface area (Å²) in [6, 6.07) is -0.0311. The highest BCUT2D eigenvalue weighted by Gasteiger charge is 2.68. The maximum absolute atomic E-state index is 12.5. The molecule has 0 aromatic carbocycles. The Kier molecular flexibility index (Phi) is 3.79. The Labute approximate surface area is 143 Å². The maximum Gasteiger partial charge on any atom is 0.315 e. The van der Waals surface area contributed by atoms with Crippen LogP contribution >= 0.6 is 0 Å². The zero-order valence-electron chi connectivity index (χ0n) is 14.5. The minimum absolute atomic E-state index is 0.0846. The molecular formula is C18H29N3O3. The molecular weight excluding hydrogens is 306 g/mol. The smallest absolute Gasteiger partial charge is 0.315 e. The number of piperidine rings is 1. The molecule has 6 nitrogen and oxygen atoms in total. The number of rotatable bonds is 2. The van der Waals surface area contributed by atoms with Gasteiger partial charge in [0.1, 0.15) is 0 Å². The zero-order chi connectivity index (χ0) is 16.9. The van der Waals surface area contributed by atoms with Gasteiger partial charge in [0.15, 0.2) is 0 Å². The molecule has 1 heterocycles. The van der Waals surface area contributed by atoms with Gasteiger partial charge in [-0.25, -0.2) is 4.79 Å². The first-order valence-corrected chi connectivity index (χ1v) is 9.45. The summed E-state index contributed by atoms with van der Waals surface area (Å²) in [5.74, 6) is 0.767. The summed E-state index contributed by atoms with van der Waals surface area (Å²) in [4.78, 5) is 25.7. The number of nitrogens with zero attached hydrogens (tertiary/aromatic N) is 1. The van der Waals surface area contributed by atoms with Crippen LogP contribution in [0.3, 0.4) is 0 Å². The summed E-state index contributed by atoms with van der Waals surface area (Å²) >= 11 is 0. The zero-order valence-corrected chi connectivity index (χ0v) is 14.5. The molecule has 0 radical (unpaired) electrons. The molecule has 134 valence electrons. The van der Waals surface area contributed by atoms with Crippen molar-refractivity contribution in [1.82, 2.24) is 15.5 Å². The van der Waals surface area contributed by atoms with Gasteiger partial charge in [-0.1, -0.05) is 12.8 Å². The third-order valence-corrected chi connectivity index (χ3v) is 7.04. The number of hydrogen-bond donors (Lipinski definition) is 3. The first kappa shape index (κ1) is 16.2. The van der Waals surface area contributed by atoms with E-state index in [9.17, 15) is 14.7 Å². The summed E-state index contributed by atoms with van der Waals surface area (Å²) < 4.78 is 0. The Morgan fingerprint density at radius 3 is 2.58 bits per heavy atom. The minimum Gasteiger partial charge on any atom is -0.390 e. The van der Waals surface area contributed by atoms with Crippen LogP contribution < -0.4 is 10.6 Å². The molecule has 5 aliphatic rings. The van der Waals surface area contributed by atoms with Gasteiger partial charge in [-0.3, -0.25) is 4.79 Å². The van der Waals surface area contributed by atoms with E-state index in [0.717, 1.165) is 38.5 Å². The molecule has 4 aliphatic carbocycles. The summed E-state index contributed by atoms with van der Waals surface area (Å²) in [7, 11) is 0. The van der Waals surface area contributed by atoms with Crippen molar-refractivity contribution < 1.29 is 14.7 Å². The van der Waals surface area contributed by atoms with Gasteiger partial charge in [-0.05, 0) is 44.4 Å². The van der Waals surface area contributed by atoms with E-state index in [-0.39, 0.29) is 29.5 Å². The molecule has 0 aromatic rings. The molecule has 3 bridgehead atoms. The number of hydrogen-bond acceptors (Lipinski definition) is 3. The number of amides is 3. The molecule has 5 fully saturated rings. The normalized spacial score (nSPS) is 41.3. The molecule has 4 saturated carbocycles. The third-order valence-electron chi connectivity index (χ3n) is 7.04. The van der Waals surface area contributed by atoms with Crippen LogP contribution in [0.1, 0.15) is 58.3 Å². The average Bonchev–Trinajstić information content (AvgIpc) is 2.54. The molecule has 5 rings (SSSR count). The lowest BCUT2D eigenvalue weighted by Gasteiger charge is -2.68. The van der Waals surface area contributed by atoms with Crippen molar-refractivity contribution >= 4 is 11.9 Å². The van der Waals surface area contributed by atoms with Crippen LogP contribution in [-0.4, -0.2) is 52.7 Å². The number of carbonyl (C=O) groups is 2. The number of carbonyl (C=O) groups excluding carboxylic acids is 2. The molecule has 3 amide bonds. The van der Waals surface area contributed by atoms with Gasteiger partial charge in [-0.15, -0.1) is 0 Å². The van der Waals surface area contributed by atoms with Crippen LogP contribution in [0, 0.1) is 11.3 Å². The molecule has 3 N–H and O–H groups in total. The number of urea groups is 1. The van der Waals surface area contributed by atoms with Gasteiger partial charge >= 0.3 is 6.03 Å². The van der Waals surface area contributed by atoms with Crippen molar-refractivity contribution in [3.05, 3.63) is 0 Å². The lowest BCUT2D eigenvalue weighted by atomic mass is 9.41. The first-order chi connectivity index (χ1) is 11.4. The van der Waals surface area contributed by atoms with Crippen molar-refractivity contribution in [1.29, 1.82) is 0 Å². The monoisotopic (exact) mass is 335 g/mol. The van der Waals surface area contributed by atoms with E-state index in [2.05, 4.69) is 10.6 Å². The quantitative estimate of drug-likeness (QED) is 0.713. The van der Waals surface area contributed by atoms with Crippen molar-refractivity contribution in [2.45, 2.75) is 76.0 Å². The van der Waals surface area contributed by atoms with Crippen LogP contribution in [0.2, 0.25) is 0 Å². The van der Waals surface area contributed by atoms with Gasteiger partial charge in [-0.2, -0.15) is 0 Å². The fourth-order valence-electron chi connectivity index (χ4n) is 6.03. The number of aliphatic hydroxyl groups excluding tert-OH is 1. The Hall–Kier alpha value is -1.30. The largest absolute Gasteiger partial charge is 0.390 e. The first-order valence-electron chi connectivity index (χ1n) is 9.45. The van der Waals surface area contributed by atoms with Crippen molar-refractivity contribution in [3.8, 4) is 0 Å². The van der Waals surface area contributed by atoms with E-state index in [1.807, 2.05) is 4.90 Å². The van der Waals surface area contributed by atoms with E-state index >= 15 is 0 Å². The lowest BCUT2D eigenvalue weighted by Crippen LogP contribution is -2.78. The molecule has 0 aromatic heterocycles. The Morgan fingerprint density at radius 1 is 1.17 bits per heavy atom. The predicted molar refractivity (Wildman–Crippen MR) is 89.3 cm³/mol. The van der Waals surface area contributed by atoms with Gasteiger partial charge < -0.3 is 20.6 Å². The van der Waals surface area contributed by atoms with E-state index in [4.69, 9.17) is 0 Å². The lowest BCUT2D eigenvalue weighted by molar-refractivity contribution is -0.213. The predicted octanol–water partition coefficient (Wildman–Crippen LogP) is 1.38. The van der Waals surface area contributed by atoms with Crippen LogP contribution in [0.5, 0.6) is 0 Å². The molecule has 24 heavy (non-hydrogen) atoms. The second kappa shape index (κ2) is 5.61. The number of nitrogens with one attached hydrogen (secondary N) is 2. The Balaban J connectivity index is 1.32. The standard InChI is InChI=1S/C18H29N3O3/c1-12(22)21-7-4-14(5-8-21)19-16(24)20-18-10-13-3-2-6-17(9-13,11-18)15(18)23/h13-15,23H,2-11H2,1H3,(H2,19,20,24). The second-order valence-corrected chi connectivity index (χ2v) is 8.64. The van der Waals surface area contributed by atoms with Crippen molar-refractivity contribution in [3.63, 3.8) is 0 Å². The van der Waals surface area contributed by atoms with E-state index in [1.165, 1.54) is 12.8 Å². The maximum atomic E-state index is 12.5. The highest BCUT2D eigenvalue weighted by atomic mass is 16.3. The molecule has 1 saturated heterocycles.